The molecule has 1 aliphatic heterocycles. The van der Waals surface area contributed by atoms with E-state index in [1.54, 1.807) is 12.5 Å². The van der Waals surface area contributed by atoms with Crippen molar-refractivity contribution in [1.29, 1.82) is 0 Å². The van der Waals surface area contributed by atoms with Crippen LogP contribution in [0, 0.1) is 0 Å². The molecule has 2 aromatic heterocycles. The highest BCUT2D eigenvalue weighted by molar-refractivity contribution is 6.30. The average molecular weight is 372 g/mol. The predicted octanol–water partition coefficient (Wildman–Crippen LogP) is 3.95. The van der Waals surface area contributed by atoms with E-state index >= 15 is 0 Å². The Labute approximate surface area is 155 Å². The van der Waals surface area contributed by atoms with E-state index < -0.39 is 0 Å². The Bertz CT molecular complexity index is 906. The molecule has 0 amide bonds. The highest BCUT2D eigenvalue weighted by Gasteiger charge is 2.22. The normalized spacial score (nSPS) is 16.5. The minimum atomic E-state index is -0.122. The molecule has 1 unspecified atom stereocenters. The van der Waals surface area contributed by atoms with Gasteiger partial charge >= 0.3 is 0 Å². The van der Waals surface area contributed by atoms with E-state index in [-0.39, 0.29) is 6.10 Å². The van der Waals surface area contributed by atoms with Crippen LogP contribution in [0.25, 0.3) is 11.6 Å². The first-order chi connectivity index (χ1) is 12.7. The lowest BCUT2D eigenvalue weighted by Gasteiger charge is -2.15. The van der Waals surface area contributed by atoms with E-state index in [0.29, 0.717) is 5.02 Å². The van der Waals surface area contributed by atoms with Crippen LogP contribution >= 0.6 is 11.6 Å². The summed E-state index contributed by atoms with van der Waals surface area (Å²) >= 11 is 6.02. The first kappa shape index (κ1) is 16.8. The van der Waals surface area contributed by atoms with Crippen LogP contribution in [-0.2, 0) is 17.8 Å². The lowest BCUT2D eigenvalue weighted by Crippen LogP contribution is -2.19. The predicted molar refractivity (Wildman–Crippen MR) is 99.0 cm³/mol. The van der Waals surface area contributed by atoms with E-state index in [9.17, 15) is 0 Å². The molecule has 0 radical (unpaired) electrons. The molecule has 0 saturated carbocycles. The molecule has 0 N–H and O–H groups in total. The van der Waals surface area contributed by atoms with Gasteiger partial charge < -0.3 is 8.98 Å². The summed E-state index contributed by atoms with van der Waals surface area (Å²) in [6.45, 7) is 2.83. The van der Waals surface area contributed by atoms with Crippen LogP contribution in [0.1, 0.15) is 19.2 Å². The molecule has 7 nitrogen and oxygen atoms in total. The fourth-order valence-electron chi connectivity index (χ4n) is 2.88. The number of rotatable bonds is 6. The number of nitrogens with zero attached hydrogens (tertiary/aromatic N) is 5. The summed E-state index contributed by atoms with van der Waals surface area (Å²) in [5.74, 6) is 2.36. The molecule has 3 heterocycles. The number of aromatic nitrogens is 3. The van der Waals surface area contributed by atoms with Gasteiger partial charge in [-0.1, -0.05) is 17.7 Å². The van der Waals surface area contributed by atoms with Gasteiger partial charge in [-0.2, -0.15) is 5.10 Å². The van der Waals surface area contributed by atoms with Crippen molar-refractivity contribution in [2.75, 3.05) is 5.17 Å². The number of furan rings is 1. The molecule has 1 atom stereocenters. The van der Waals surface area contributed by atoms with Crippen molar-refractivity contribution in [3.05, 3.63) is 53.5 Å². The van der Waals surface area contributed by atoms with Crippen molar-refractivity contribution >= 4 is 23.5 Å². The highest BCUT2D eigenvalue weighted by atomic mass is 35.5. The second-order valence-corrected chi connectivity index (χ2v) is 6.30. The monoisotopic (exact) mass is 371 g/mol. The van der Waals surface area contributed by atoms with Crippen LogP contribution in [0.15, 0.2) is 52.2 Å². The van der Waals surface area contributed by atoms with Gasteiger partial charge in [0, 0.05) is 18.0 Å². The number of hydrogen-bond acceptors (Lipinski definition) is 6. The molecule has 0 aliphatic carbocycles. The fraction of sp³-hybridized carbons (Fsp3) is 0.278. The zero-order chi connectivity index (χ0) is 17.9. The van der Waals surface area contributed by atoms with Gasteiger partial charge in [0.15, 0.2) is 11.6 Å². The number of halogens is 1. The second kappa shape index (κ2) is 7.31. The van der Waals surface area contributed by atoms with E-state index in [4.69, 9.17) is 20.9 Å². The van der Waals surface area contributed by atoms with Gasteiger partial charge in [-0.3, -0.25) is 0 Å². The number of hydrazone groups is 1. The molecule has 0 saturated heterocycles. The van der Waals surface area contributed by atoms with Gasteiger partial charge in [-0.25, -0.2) is 4.84 Å². The van der Waals surface area contributed by atoms with Gasteiger partial charge in [0.05, 0.1) is 18.2 Å². The van der Waals surface area contributed by atoms with Crippen LogP contribution < -0.4 is 5.17 Å². The van der Waals surface area contributed by atoms with Crippen molar-refractivity contribution in [2.24, 2.45) is 5.10 Å². The molecule has 0 fully saturated rings. The van der Waals surface area contributed by atoms with Crippen LogP contribution in [0.2, 0.25) is 5.02 Å². The molecular formula is C18H18ClN5O2. The summed E-state index contributed by atoms with van der Waals surface area (Å²) in [4.78, 5) is 5.85. The summed E-state index contributed by atoms with van der Waals surface area (Å²) in [6.07, 6.45) is 4.78. The maximum absolute atomic E-state index is 6.02. The van der Waals surface area contributed by atoms with E-state index in [2.05, 4.69) is 26.8 Å². The first-order valence-corrected chi connectivity index (χ1v) is 8.85. The van der Waals surface area contributed by atoms with E-state index in [0.717, 1.165) is 42.5 Å². The molecule has 26 heavy (non-hydrogen) atoms. The van der Waals surface area contributed by atoms with Gasteiger partial charge in [0.1, 0.15) is 11.9 Å². The van der Waals surface area contributed by atoms with Gasteiger partial charge in [0.2, 0.25) is 0 Å². The standard InChI is InChI=1S/C18H18ClN5O2/c1-2-23-17(21-22-18(23)16-7-4-10-25-16)9-8-15-12-20-24(26-15)14-6-3-5-13(19)11-14/h3-7,10-12,15H,2,8-9H2,1H3. The Morgan fingerprint density at radius 2 is 2.12 bits per heavy atom. The zero-order valence-corrected chi connectivity index (χ0v) is 15.0. The lowest BCUT2D eigenvalue weighted by atomic mass is 10.2. The smallest absolute Gasteiger partial charge is 0.199 e. The Hall–Kier alpha value is -2.64. The van der Waals surface area contributed by atoms with E-state index in [1.807, 2.05) is 36.4 Å². The van der Waals surface area contributed by atoms with Crippen molar-refractivity contribution in [1.82, 2.24) is 14.8 Å². The number of aryl methyl sites for hydroxylation is 1. The quantitative estimate of drug-likeness (QED) is 0.656. The van der Waals surface area contributed by atoms with Gasteiger partial charge in [-0.05, 0) is 43.7 Å². The Balaban J connectivity index is 1.40. The number of anilines is 1. The lowest BCUT2D eigenvalue weighted by molar-refractivity contribution is 0.0926. The maximum Gasteiger partial charge on any atom is 0.199 e. The van der Waals surface area contributed by atoms with E-state index in [1.165, 1.54) is 5.17 Å². The topological polar surface area (TPSA) is 68.7 Å². The van der Waals surface area contributed by atoms with Crippen LogP contribution in [0.3, 0.4) is 0 Å². The molecule has 1 aliphatic rings. The highest BCUT2D eigenvalue weighted by Crippen LogP contribution is 2.24. The SMILES string of the molecule is CCn1c(CCC2C=NN(c3cccc(Cl)c3)O2)nnc1-c1ccco1. The third kappa shape index (κ3) is 3.36. The summed E-state index contributed by atoms with van der Waals surface area (Å²) < 4.78 is 7.49. The van der Waals surface area contributed by atoms with Crippen molar-refractivity contribution in [2.45, 2.75) is 32.4 Å². The molecule has 1 aromatic carbocycles. The fourth-order valence-corrected chi connectivity index (χ4v) is 3.06. The first-order valence-electron chi connectivity index (χ1n) is 8.47. The molecule has 0 bridgehead atoms. The Morgan fingerprint density at radius 3 is 2.88 bits per heavy atom. The summed E-state index contributed by atoms with van der Waals surface area (Å²) in [6, 6.07) is 11.1. The van der Waals surface area contributed by atoms with Crippen LogP contribution in [0.4, 0.5) is 5.69 Å². The Morgan fingerprint density at radius 1 is 1.19 bits per heavy atom. The van der Waals surface area contributed by atoms with Gasteiger partial charge in [0.25, 0.3) is 0 Å². The van der Waals surface area contributed by atoms with Crippen molar-refractivity contribution in [3.8, 4) is 11.6 Å². The van der Waals surface area contributed by atoms with Crippen LogP contribution in [0.5, 0.6) is 0 Å². The molecule has 134 valence electrons. The maximum atomic E-state index is 6.02. The second-order valence-electron chi connectivity index (χ2n) is 5.86. The minimum absolute atomic E-state index is 0.122. The largest absolute Gasteiger partial charge is 0.461 e. The van der Waals surface area contributed by atoms with Crippen LogP contribution in [-0.4, -0.2) is 27.1 Å². The van der Waals surface area contributed by atoms with Crippen molar-refractivity contribution < 1.29 is 9.25 Å². The summed E-state index contributed by atoms with van der Waals surface area (Å²) in [5.41, 5.74) is 0.799. The number of benzene rings is 1. The molecular weight excluding hydrogens is 354 g/mol. The summed E-state index contributed by atoms with van der Waals surface area (Å²) in [7, 11) is 0. The molecule has 4 rings (SSSR count). The average Bonchev–Trinajstić information content (AvgIpc) is 3.39. The Kier molecular flexibility index (Phi) is 4.73. The summed E-state index contributed by atoms with van der Waals surface area (Å²) in [5, 5.41) is 15.0. The molecule has 8 heteroatoms. The third-order valence-electron chi connectivity index (χ3n) is 4.14. The minimum Gasteiger partial charge on any atom is -0.461 e. The van der Waals surface area contributed by atoms with Gasteiger partial charge in [-0.15, -0.1) is 15.4 Å². The molecule has 0 spiro atoms. The molecule has 3 aromatic rings. The number of hydrogen-bond donors (Lipinski definition) is 0. The van der Waals surface area contributed by atoms with Crippen molar-refractivity contribution in [3.63, 3.8) is 0 Å². The zero-order valence-electron chi connectivity index (χ0n) is 14.2. The third-order valence-corrected chi connectivity index (χ3v) is 4.37.